The summed E-state index contributed by atoms with van der Waals surface area (Å²) in [4.78, 5) is 37.9. The van der Waals surface area contributed by atoms with Crippen molar-refractivity contribution in [2.45, 2.75) is 19.0 Å². The van der Waals surface area contributed by atoms with Crippen LogP contribution in [0.5, 0.6) is 11.5 Å². The van der Waals surface area contributed by atoms with Gasteiger partial charge in [0.25, 0.3) is 5.91 Å². The first kappa shape index (κ1) is 20.2. The number of carbonyl (C=O) groups excluding carboxylic acids is 3. The van der Waals surface area contributed by atoms with Gasteiger partial charge in [-0.05, 0) is 23.3 Å². The quantitative estimate of drug-likeness (QED) is 0.658. The summed E-state index contributed by atoms with van der Waals surface area (Å²) in [5.74, 6) is 0.312. The monoisotopic (exact) mass is 397 g/mol. The molecule has 1 heterocycles. The number of hydrogen-bond acceptors (Lipinski definition) is 5. The van der Waals surface area contributed by atoms with Crippen LogP contribution < -0.4 is 20.1 Å². The van der Waals surface area contributed by atoms with Crippen molar-refractivity contribution in [1.82, 2.24) is 15.5 Å². The number of imide groups is 1. The highest BCUT2D eigenvalue weighted by atomic mass is 16.5. The Morgan fingerprint density at radius 2 is 1.76 bits per heavy atom. The smallest absolute Gasteiger partial charge is 0.325 e. The lowest BCUT2D eigenvalue weighted by atomic mass is 10.1. The first-order valence-electron chi connectivity index (χ1n) is 9.15. The van der Waals surface area contributed by atoms with Gasteiger partial charge in [-0.3, -0.25) is 14.5 Å². The lowest BCUT2D eigenvalue weighted by Gasteiger charge is -2.14. The molecule has 8 nitrogen and oxygen atoms in total. The van der Waals surface area contributed by atoms with Crippen LogP contribution in [-0.2, 0) is 22.6 Å². The van der Waals surface area contributed by atoms with Gasteiger partial charge >= 0.3 is 6.03 Å². The number of nitrogens with zero attached hydrogens (tertiary/aromatic N) is 1. The summed E-state index contributed by atoms with van der Waals surface area (Å²) in [5, 5.41) is 5.35. The van der Waals surface area contributed by atoms with E-state index in [0.717, 1.165) is 16.0 Å². The normalized spacial score (nSPS) is 15.8. The maximum Gasteiger partial charge on any atom is 0.325 e. The summed E-state index contributed by atoms with van der Waals surface area (Å²) in [6.07, 6.45) is 0.384. The van der Waals surface area contributed by atoms with E-state index in [4.69, 9.17) is 9.47 Å². The number of ether oxygens (including phenoxy) is 2. The van der Waals surface area contributed by atoms with E-state index in [0.29, 0.717) is 17.9 Å². The summed E-state index contributed by atoms with van der Waals surface area (Å²) in [6, 6.07) is 13.5. The molecule has 4 amide bonds. The summed E-state index contributed by atoms with van der Waals surface area (Å²) in [7, 11) is 3.08. The molecule has 152 valence electrons. The molecular formula is C21H23N3O5. The molecule has 3 rings (SSSR count). The molecule has 0 aliphatic carbocycles. The fourth-order valence-corrected chi connectivity index (χ4v) is 3.11. The highest BCUT2D eigenvalue weighted by Crippen LogP contribution is 2.27. The molecule has 0 unspecified atom stereocenters. The summed E-state index contributed by atoms with van der Waals surface area (Å²) in [6.45, 7) is -0.0977. The molecule has 0 spiro atoms. The third kappa shape index (κ3) is 4.84. The molecule has 0 saturated carbocycles. The van der Waals surface area contributed by atoms with Crippen LogP contribution in [0.25, 0.3) is 0 Å². The number of hydrogen-bond donors (Lipinski definition) is 2. The van der Waals surface area contributed by atoms with Gasteiger partial charge in [0.05, 0.1) is 14.2 Å². The number of methoxy groups -OCH3 is 2. The molecule has 2 N–H and O–H groups in total. The number of rotatable bonds is 8. The minimum Gasteiger partial charge on any atom is -0.493 e. The number of carbonyl (C=O) groups is 3. The van der Waals surface area contributed by atoms with E-state index >= 15 is 0 Å². The van der Waals surface area contributed by atoms with E-state index in [1.807, 2.05) is 30.3 Å². The van der Waals surface area contributed by atoms with Gasteiger partial charge < -0.3 is 20.1 Å². The molecule has 0 bridgehead atoms. The molecule has 1 atom stereocenters. The van der Waals surface area contributed by atoms with Crippen LogP contribution in [0.2, 0.25) is 0 Å². The van der Waals surface area contributed by atoms with E-state index < -0.39 is 23.9 Å². The van der Waals surface area contributed by atoms with Crippen LogP contribution in [0, 0.1) is 0 Å². The van der Waals surface area contributed by atoms with Crippen LogP contribution in [-0.4, -0.2) is 49.6 Å². The number of urea groups is 1. The molecule has 1 aliphatic heterocycles. The average Bonchev–Trinajstić information content (AvgIpc) is 3.00. The lowest BCUT2D eigenvalue weighted by Crippen LogP contribution is -2.41. The second kappa shape index (κ2) is 9.09. The summed E-state index contributed by atoms with van der Waals surface area (Å²) >= 11 is 0. The van der Waals surface area contributed by atoms with Crippen molar-refractivity contribution in [2.75, 3.05) is 20.8 Å². The lowest BCUT2D eigenvalue weighted by molar-refractivity contribution is -0.132. The van der Waals surface area contributed by atoms with Crippen molar-refractivity contribution in [3.63, 3.8) is 0 Å². The molecule has 0 aromatic heterocycles. The number of amides is 4. The molecule has 1 aliphatic rings. The Hall–Kier alpha value is -3.55. The summed E-state index contributed by atoms with van der Waals surface area (Å²) in [5.41, 5.74) is 1.74. The molecule has 0 radical (unpaired) electrons. The largest absolute Gasteiger partial charge is 0.493 e. The third-order valence-electron chi connectivity index (χ3n) is 4.63. The van der Waals surface area contributed by atoms with Gasteiger partial charge in [-0.25, -0.2) is 4.79 Å². The van der Waals surface area contributed by atoms with Crippen molar-refractivity contribution in [3.05, 3.63) is 59.7 Å². The zero-order chi connectivity index (χ0) is 20.8. The minimum absolute atomic E-state index is 0.232. The Labute approximate surface area is 168 Å². The van der Waals surface area contributed by atoms with Crippen LogP contribution >= 0.6 is 0 Å². The second-order valence-electron chi connectivity index (χ2n) is 6.58. The molecule has 2 aromatic carbocycles. The van der Waals surface area contributed by atoms with Gasteiger partial charge in [-0.15, -0.1) is 0 Å². The van der Waals surface area contributed by atoms with Gasteiger partial charge in [0.2, 0.25) is 5.91 Å². The standard InChI is InChI=1S/C21H23N3O5/c1-28-17-9-8-15(11-18(17)29-2)12-22-19(25)13-24-20(26)16(23-21(24)27)10-14-6-4-3-5-7-14/h3-9,11,16H,10,12-13H2,1-2H3,(H,22,25)(H,23,27)/t16-/m1/s1. The van der Waals surface area contributed by atoms with Gasteiger partial charge in [0.1, 0.15) is 12.6 Å². The fraction of sp³-hybridized carbons (Fsp3) is 0.286. The van der Waals surface area contributed by atoms with E-state index in [9.17, 15) is 14.4 Å². The predicted molar refractivity (Wildman–Crippen MR) is 106 cm³/mol. The first-order valence-corrected chi connectivity index (χ1v) is 9.15. The molecule has 29 heavy (non-hydrogen) atoms. The molecular weight excluding hydrogens is 374 g/mol. The van der Waals surface area contributed by atoms with Crippen molar-refractivity contribution in [2.24, 2.45) is 0 Å². The maximum atomic E-state index is 12.5. The zero-order valence-corrected chi connectivity index (χ0v) is 16.3. The van der Waals surface area contributed by atoms with Gasteiger partial charge in [0.15, 0.2) is 11.5 Å². The Balaban J connectivity index is 1.55. The maximum absolute atomic E-state index is 12.5. The first-order chi connectivity index (χ1) is 14.0. The van der Waals surface area contributed by atoms with Gasteiger partial charge in [-0.1, -0.05) is 36.4 Å². The number of nitrogens with one attached hydrogen (secondary N) is 2. The zero-order valence-electron chi connectivity index (χ0n) is 16.3. The second-order valence-corrected chi connectivity index (χ2v) is 6.58. The van der Waals surface area contributed by atoms with Crippen LogP contribution in [0.4, 0.5) is 4.79 Å². The van der Waals surface area contributed by atoms with Crippen LogP contribution in [0.3, 0.4) is 0 Å². The third-order valence-corrected chi connectivity index (χ3v) is 4.63. The highest BCUT2D eigenvalue weighted by Gasteiger charge is 2.38. The van der Waals surface area contributed by atoms with E-state index in [1.54, 1.807) is 25.3 Å². The predicted octanol–water partition coefficient (Wildman–Crippen LogP) is 1.48. The SMILES string of the molecule is COc1ccc(CNC(=O)CN2C(=O)N[C@H](Cc3ccccc3)C2=O)cc1OC. The Kier molecular flexibility index (Phi) is 6.33. The number of benzene rings is 2. The van der Waals surface area contributed by atoms with Gasteiger partial charge in [0, 0.05) is 13.0 Å². The van der Waals surface area contributed by atoms with Crippen molar-refractivity contribution in [3.8, 4) is 11.5 Å². The minimum atomic E-state index is -0.663. The molecule has 1 saturated heterocycles. The van der Waals surface area contributed by atoms with E-state index in [-0.39, 0.29) is 13.1 Å². The molecule has 2 aromatic rings. The van der Waals surface area contributed by atoms with Crippen LogP contribution in [0.1, 0.15) is 11.1 Å². The Bertz CT molecular complexity index is 900. The van der Waals surface area contributed by atoms with Crippen LogP contribution in [0.15, 0.2) is 48.5 Å². The van der Waals surface area contributed by atoms with E-state index in [1.165, 1.54) is 7.11 Å². The van der Waals surface area contributed by atoms with Crippen molar-refractivity contribution >= 4 is 17.8 Å². The van der Waals surface area contributed by atoms with E-state index in [2.05, 4.69) is 10.6 Å². The summed E-state index contributed by atoms with van der Waals surface area (Å²) < 4.78 is 10.4. The van der Waals surface area contributed by atoms with Crippen molar-refractivity contribution < 1.29 is 23.9 Å². The van der Waals surface area contributed by atoms with Crippen molar-refractivity contribution in [1.29, 1.82) is 0 Å². The fourth-order valence-electron chi connectivity index (χ4n) is 3.11. The van der Waals surface area contributed by atoms with Gasteiger partial charge in [-0.2, -0.15) is 0 Å². The average molecular weight is 397 g/mol. The Morgan fingerprint density at radius 1 is 1.03 bits per heavy atom. The Morgan fingerprint density at radius 3 is 2.45 bits per heavy atom. The topological polar surface area (TPSA) is 97.0 Å². The molecule has 1 fully saturated rings. The molecule has 8 heteroatoms. The highest BCUT2D eigenvalue weighted by molar-refractivity contribution is 6.06.